The van der Waals surface area contributed by atoms with Crippen molar-refractivity contribution in [2.24, 2.45) is 0 Å². The number of methoxy groups -OCH3 is 1. The minimum Gasteiger partial charge on any atom is -0.467 e. The molecule has 0 aromatic carbocycles. The highest BCUT2D eigenvalue weighted by Crippen LogP contribution is 2.18. The molecule has 0 aliphatic carbocycles. The highest BCUT2D eigenvalue weighted by atomic mass is 32.1. The summed E-state index contributed by atoms with van der Waals surface area (Å²) in [4.78, 5) is 23.0. The number of esters is 1. The van der Waals surface area contributed by atoms with E-state index in [-0.39, 0.29) is 5.91 Å². The van der Waals surface area contributed by atoms with E-state index >= 15 is 0 Å². The smallest absolute Gasteiger partial charge is 0.328 e. The second-order valence-corrected chi connectivity index (χ2v) is 3.84. The normalized spacial score (nSPS) is 11.9. The molecule has 0 spiro atoms. The summed E-state index contributed by atoms with van der Waals surface area (Å²) >= 11 is 1.23. The van der Waals surface area contributed by atoms with Crippen molar-refractivity contribution in [3.63, 3.8) is 0 Å². The number of ether oxygens (including phenoxy) is 1. The molecule has 0 aliphatic rings. The van der Waals surface area contributed by atoms with Gasteiger partial charge in [0.1, 0.15) is 10.9 Å². The Labute approximate surface area is 91.2 Å². The highest BCUT2D eigenvalue weighted by Gasteiger charge is 2.18. The SMILES string of the molecule is COC(=O)C(C)NC(=O)c1sccc1N. The Kier molecular flexibility index (Phi) is 3.68. The summed E-state index contributed by atoms with van der Waals surface area (Å²) in [6.45, 7) is 1.55. The zero-order chi connectivity index (χ0) is 11.4. The standard InChI is InChI=1S/C9H12N2O3S/c1-5(9(13)14-2)11-8(12)7-6(10)3-4-15-7/h3-5H,10H2,1-2H3,(H,11,12). The quantitative estimate of drug-likeness (QED) is 0.743. The van der Waals surface area contributed by atoms with Gasteiger partial charge < -0.3 is 15.8 Å². The summed E-state index contributed by atoms with van der Waals surface area (Å²) in [5.74, 6) is -0.848. The molecular formula is C9H12N2O3S. The van der Waals surface area contributed by atoms with Crippen LogP contribution in [0.5, 0.6) is 0 Å². The topological polar surface area (TPSA) is 81.4 Å². The zero-order valence-electron chi connectivity index (χ0n) is 8.44. The monoisotopic (exact) mass is 228 g/mol. The number of thiophene rings is 1. The predicted molar refractivity (Wildman–Crippen MR) is 57.7 cm³/mol. The van der Waals surface area contributed by atoms with E-state index in [1.807, 2.05) is 0 Å². The van der Waals surface area contributed by atoms with Crippen LogP contribution in [-0.4, -0.2) is 25.0 Å². The van der Waals surface area contributed by atoms with Crippen LogP contribution in [-0.2, 0) is 9.53 Å². The van der Waals surface area contributed by atoms with Gasteiger partial charge in [0.05, 0.1) is 12.8 Å². The lowest BCUT2D eigenvalue weighted by atomic mass is 10.3. The lowest BCUT2D eigenvalue weighted by molar-refractivity contribution is -0.142. The zero-order valence-corrected chi connectivity index (χ0v) is 9.26. The fourth-order valence-corrected chi connectivity index (χ4v) is 1.72. The summed E-state index contributed by atoms with van der Waals surface area (Å²) in [5, 5.41) is 4.21. The molecule has 1 atom stereocenters. The van der Waals surface area contributed by atoms with E-state index in [9.17, 15) is 9.59 Å². The average molecular weight is 228 g/mol. The van der Waals surface area contributed by atoms with Crippen LogP contribution in [0.25, 0.3) is 0 Å². The van der Waals surface area contributed by atoms with Gasteiger partial charge in [-0.15, -0.1) is 11.3 Å². The van der Waals surface area contributed by atoms with Gasteiger partial charge in [-0.2, -0.15) is 0 Å². The summed E-state index contributed by atoms with van der Waals surface area (Å²) in [6, 6.07) is 0.964. The third kappa shape index (κ3) is 2.69. The Morgan fingerprint density at radius 2 is 2.27 bits per heavy atom. The first-order valence-corrected chi connectivity index (χ1v) is 5.16. The molecule has 1 aromatic heterocycles. The van der Waals surface area contributed by atoms with Crippen molar-refractivity contribution in [2.75, 3.05) is 12.8 Å². The minimum absolute atomic E-state index is 0.361. The van der Waals surface area contributed by atoms with Crippen molar-refractivity contribution >= 4 is 28.9 Å². The number of carbonyl (C=O) groups excluding carboxylic acids is 2. The number of nitrogens with one attached hydrogen (secondary N) is 1. The number of carbonyl (C=O) groups is 2. The third-order valence-electron chi connectivity index (χ3n) is 1.80. The number of amides is 1. The van der Waals surface area contributed by atoms with Crippen molar-refractivity contribution in [3.05, 3.63) is 16.3 Å². The molecule has 0 fully saturated rings. The second-order valence-electron chi connectivity index (χ2n) is 2.92. The van der Waals surface area contributed by atoms with E-state index in [0.29, 0.717) is 10.6 Å². The number of hydrogen-bond acceptors (Lipinski definition) is 5. The molecule has 3 N–H and O–H groups in total. The van der Waals surface area contributed by atoms with Crippen LogP contribution >= 0.6 is 11.3 Å². The van der Waals surface area contributed by atoms with Gasteiger partial charge in [-0.25, -0.2) is 4.79 Å². The molecule has 1 rings (SSSR count). The van der Waals surface area contributed by atoms with Crippen molar-refractivity contribution in [1.82, 2.24) is 5.32 Å². The second kappa shape index (κ2) is 4.79. The van der Waals surface area contributed by atoms with Gasteiger partial charge in [0.25, 0.3) is 5.91 Å². The van der Waals surface area contributed by atoms with Crippen LogP contribution < -0.4 is 11.1 Å². The molecule has 0 saturated heterocycles. The largest absolute Gasteiger partial charge is 0.467 e. The van der Waals surface area contributed by atoms with E-state index < -0.39 is 12.0 Å². The van der Waals surface area contributed by atoms with Crippen molar-refractivity contribution in [1.29, 1.82) is 0 Å². The van der Waals surface area contributed by atoms with E-state index in [4.69, 9.17) is 5.73 Å². The molecule has 15 heavy (non-hydrogen) atoms. The van der Waals surface area contributed by atoms with Crippen LogP contribution in [0.2, 0.25) is 0 Å². The Morgan fingerprint density at radius 3 is 2.73 bits per heavy atom. The number of nitrogen functional groups attached to an aromatic ring is 1. The number of nitrogens with two attached hydrogens (primary N) is 1. The van der Waals surface area contributed by atoms with E-state index in [0.717, 1.165) is 0 Å². The molecule has 0 saturated carbocycles. The first-order chi connectivity index (χ1) is 7.06. The van der Waals surface area contributed by atoms with Crippen LogP contribution in [0.1, 0.15) is 16.6 Å². The summed E-state index contributed by atoms with van der Waals surface area (Å²) in [6.07, 6.45) is 0. The first kappa shape index (κ1) is 11.5. The van der Waals surface area contributed by atoms with Crippen LogP contribution in [0.15, 0.2) is 11.4 Å². The molecular weight excluding hydrogens is 216 g/mol. The molecule has 6 heteroatoms. The van der Waals surface area contributed by atoms with Gasteiger partial charge in [0, 0.05) is 0 Å². The fourth-order valence-electron chi connectivity index (χ4n) is 1.00. The van der Waals surface area contributed by atoms with Crippen molar-refractivity contribution < 1.29 is 14.3 Å². The maximum absolute atomic E-state index is 11.6. The first-order valence-electron chi connectivity index (χ1n) is 4.28. The molecule has 0 bridgehead atoms. The predicted octanol–water partition coefficient (Wildman–Crippen LogP) is 0.622. The average Bonchev–Trinajstić information content (AvgIpc) is 2.63. The molecule has 1 amide bonds. The van der Waals surface area contributed by atoms with Gasteiger partial charge in [0.15, 0.2) is 0 Å². The van der Waals surface area contributed by atoms with Gasteiger partial charge in [-0.05, 0) is 18.4 Å². The summed E-state index contributed by atoms with van der Waals surface area (Å²) in [5.41, 5.74) is 5.97. The molecule has 1 heterocycles. The lowest BCUT2D eigenvalue weighted by Gasteiger charge is -2.10. The van der Waals surface area contributed by atoms with Crippen LogP contribution in [0.3, 0.4) is 0 Å². The number of hydrogen-bond donors (Lipinski definition) is 2. The Bertz CT molecular complexity index is 375. The Morgan fingerprint density at radius 1 is 1.60 bits per heavy atom. The minimum atomic E-state index is -0.677. The van der Waals surface area contributed by atoms with E-state index in [1.54, 1.807) is 18.4 Å². The van der Waals surface area contributed by atoms with Crippen LogP contribution in [0.4, 0.5) is 5.69 Å². The third-order valence-corrected chi connectivity index (χ3v) is 2.73. The van der Waals surface area contributed by atoms with Crippen molar-refractivity contribution in [3.8, 4) is 0 Å². The molecule has 82 valence electrons. The van der Waals surface area contributed by atoms with Crippen LogP contribution in [0, 0.1) is 0 Å². The van der Waals surface area contributed by atoms with Crippen molar-refractivity contribution in [2.45, 2.75) is 13.0 Å². The lowest BCUT2D eigenvalue weighted by Crippen LogP contribution is -2.39. The van der Waals surface area contributed by atoms with E-state index in [1.165, 1.54) is 18.4 Å². The Hall–Kier alpha value is -1.56. The molecule has 0 aliphatic heterocycles. The number of rotatable bonds is 3. The molecule has 5 nitrogen and oxygen atoms in total. The van der Waals surface area contributed by atoms with Gasteiger partial charge in [0.2, 0.25) is 0 Å². The van der Waals surface area contributed by atoms with Gasteiger partial charge >= 0.3 is 5.97 Å². The highest BCUT2D eigenvalue weighted by molar-refractivity contribution is 7.12. The maximum atomic E-state index is 11.6. The van der Waals surface area contributed by atoms with Gasteiger partial charge in [-0.1, -0.05) is 0 Å². The summed E-state index contributed by atoms with van der Waals surface area (Å²) < 4.78 is 4.48. The van der Waals surface area contributed by atoms with E-state index in [2.05, 4.69) is 10.1 Å². The Balaban J connectivity index is 2.64. The number of anilines is 1. The molecule has 1 unspecified atom stereocenters. The molecule has 1 aromatic rings. The molecule has 0 radical (unpaired) electrons. The fraction of sp³-hybridized carbons (Fsp3) is 0.333. The maximum Gasteiger partial charge on any atom is 0.328 e. The summed E-state index contributed by atoms with van der Waals surface area (Å²) in [7, 11) is 1.27. The van der Waals surface area contributed by atoms with Gasteiger partial charge in [-0.3, -0.25) is 4.79 Å².